The molecule has 21 heavy (non-hydrogen) atoms. The lowest BCUT2D eigenvalue weighted by Crippen LogP contribution is -2.42. The Hall–Kier alpha value is -1.39. The van der Waals surface area contributed by atoms with E-state index >= 15 is 0 Å². The van der Waals surface area contributed by atoms with Crippen LogP contribution < -0.4 is 5.32 Å². The molecule has 118 valence electrons. The number of likely N-dealkylation sites (N-methyl/N-ethyl adjacent to an activating group) is 1. The fourth-order valence-corrected chi connectivity index (χ4v) is 2.24. The van der Waals surface area contributed by atoms with Crippen LogP contribution in [0.4, 0.5) is 0 Å². The minimum atomic E-state index is -0.277. The number of amides is 1. The van der Waals surface area contributed by atoms with E-state index in [1.54, 1.807) is 0 Å². The van der Waals surface area contributed by atoms with E-state index in [0.717, 1.165) is 12.1 Å². The van der Waals surface area contributed by atoms with Crippen molar-refractivity contribution < 1.29 is 9.90 Å². The number of nitrogens with one attached hydrogen (secondary N) is 1. The van der Waals surface area contributed by atoms with Crippen LogP contribution in [0, 0.1) is 5.41 Å². The first kappa shape index (κ1) is 17.7. The quantitative estimate of drug-likeness (QED) is 0.772. The number of hydrogen-bond acceptors (Lipinski definition) is 3. The summed E-state index contributed by atoms with van der Waals surface area (Å²) in [6, 6.07) is 9.55. The number of aliphatic hydroxyl groups excluding tert-OH is 1. The third-order valence-electron chi connectivity index (χ3n) is 3.83. The second kappa shape index (κ2) is 8.15. The van der Waals surface area contributed by atoms with Gasteiger partial charge in [0.25, 0.3) is 0 Å². The van der Waals surface area contributed by atoms with Gasteiger partial charge in [0.1, 0.15) is 6.04 Å². The van der Waals surface area contributed by atoms with Gasteiger partial charge in [-0.3, -0.25) is 9.69 Å². The van der Waals surface area contributed by atoms with Crippen LogP contribution >= 0.6 is 0 Å². The van der Waals surface area contributed by atoms with E-state index in [0.29, 0.717) is 13.0 Å². The van der Waals surface area contributed by atoms with Crippen molar-refractivity contribution in [3.05, 3.63) is 35.9 Å². The number of aliphatic hydroxyl groups is 1. The third kappa shape index (κ3) is 5.48. The Morgan fingerprint density at radius 1 is 1.33 bits per heavy atom. The average Bonchev–Trinajstić information content (AvgIpc) is 2.46. The summed E-state index contributed by atoms with van der Waals surface area (Å²) >= 11 is 0. The van der Waals surface area contributed by atoms with Gasteiger partial charge in [0, 0.05) is 13.2 Å². The molecule has 0 aliphatic rings. The van der Waals surface area contributed by atoms with Gasteiger partial charge in [0.05, 0.1) is 0 Å². The topological polar surface area (TPSA) is 52.6 Å². The molecule has 1 rings (SSSR count). The lowest BCUT2D eigenvalue weighted by molar-refractivity contribution is -0.126. The molecule has 0 spiro atoms. The maximum atomic E-state index is 12.6. The highest BCUT2D eigenvalue weighted by atomic mass is 16.3. The molecule has 0 saturated heterocycles. The summed E-state index contributed by atoms with van der Waals surface area (Å²) in [6.07, 6.45) is 0.674. The maximum absolute atomic E-state index is 12.6. The van der Waals surface area contributed by atoms with Gasteiger partial charge in [-0.25, -0.2) is 0 Å². The van der Waals surface area contributed by atoms with E-state index in [1.165, 1.54) is 0 Å². The molecular weight excluding hydrogens is 264 g/mol. The lowest BCUT2D eigenvalue weighted by Gasteiger charge is -2.29. The first-order valence-corrected chi connectivity index (χ1v) is 7.55. The Kier molecular flexibility index (Phi) is 6.85. The smallest absolute Gasteiger partial charge is 0.241 e. The summed E-state index contributed by atoms with van der Waals surface area (Å²) in [5.74, 6) is 0.0107. The Labute approximate surface area is 128 Å². The number of carbonyl (C=O) groups is 1. The predicted molar refractivity (Wildman–Crippen MR) is 86.0 cm³/mol. The summed E-state index contributed by atoms with van der Waals surface area (Å²) < 4.78 is 0. The Morgan fingerprint density at radius 3 is 2.48 bits per heavy atom. The van der Waals surface area contributed by atoms with Crippen molar-refractivity contribution in [2.45, 2.75) is 33.2 Å². The van der Waals surface area contributed by atoms with E-state index in [9.17, 15) is 4.79 Å². The van der Waals surface area contributed by atoms with Gasteiger partial charge in [0.2, 0.25) is 5.91 Å². The number of benzene rings is 1. The average molecular weight is 292 g/mol. The SMILES string of the molecule is CCN(C)C(C(=O)NCC(C)(C)CCO)c1ccccc1. The Balaban J connectivity index is 2.78. The molecule has 1 amide bonds. The van der Waals surface area contributed by atoms with Gasteiger partial charge in [-0.05, 0) is 31.0 Å². The number of rotatable bonds is 8. The maximum Gasteiger partial charge on any atom is 0.241 e. The lowest BCUT2D eigenvalue weighted by atomic mass is 9.89. The molecular formula is C17H28N2O2. The molecule has 0 aliphatic carbocycles. The van der Waals surface area contributed by atoms with E-state index in [4.69, 9.17) is 5.11 Å². The fraction of sp³-hybridized carbons (Fsp3) is 0.588. The molecule has 1 unspecified atom stereocenters. The van der Waals surface area contributed by atoms with Gasteiger partial charge >= 0.3 is 0 Å². The van der Waals surface area contributed by atoms with Crippen LogP contribution in [0.15, 0.2) is 30.3 Å². The van der Waals surface area contributed by atoms with Gasteiger partial charge < -0.3 is 10.4 Å². The predicted octanol–water partition coefficient (Wildman–Crippen LogP) is 2.20. The van der Waals surface area contributed by atoms with E-state index in [2.05, 4.69) is 5.32 Å². The highest BCUT2D eigenvalue weighted by Gasteiger charge is 2.26. The van der Waals surface area contributed by atoms with Crippen molar-refractivity contribution in [1.82, 2.24) is 10.2 Å². The second-order valence-electron chi connectivity index (χ2n) is 6.24. The normalized spacial score (nSPS) is 13.2. The van der Waals surface area contributed by atoms with Crippen LogP contribution in [-0.4, -0.2) is 42.7 Å². The molecule has 0 aromatic heterocycles. The van der Waals surface area contributed by atoms with Crippen LogP contribution in [0.2, 0.25) is 0 Å². The molecule has 4 heteroatoms. The zero-order valence-corrected chi connectivity index (χ0v) is 13.6. The Morgan fingerprint density at radius 2 is 1.95 bits per heavy atom. The largest absolute Gasteiger partial charge is 0.396 e. The number of carbonyl (C=O) groups excluding carboxylic acids is 1. The zero-order valence-electron chi connectivity index (χ0n) is 13.6. The molecule has 4 nitrogen and oxygen atoms in total. The number of hydrogen-bond donors (Lipinski definition) is 2. The van der Waals surface area contributed by atoms with E-state index < -0.39 is 0 Å². The molecule has 1 atom stereocenters. The van der Waals surface area contributed by atoms with Crippen molar-refractivity contribution in [2.24, 2.45) is 5.41 Å². The first-order valence-electron chi connectivity index (χ1n) is 7.55. The van der Waals surface area contributed by atoms with Crippen molar-refractivity contribution in [1.29, 1.82) is 0 Å². The fourth-order valence-electron chi connectivity index (χ4n) is 2.24. The minimum absolute atomic E-state index is 0.0107. The summed E-state index contributed by atoms with van der Waals surface area (Å²) in [4.78, 5) is 14.6. The standard InChI is InChI=1S/C17H28N2O2/c1-5-19(4)15(14-9-7-6-8-10-14)16(21)18-13-17(2,3)11-12-20/h6-10,15,20H,5,11-13H2,1-4H3,(H,18,21). The van der Waals surface area contributed by atoms with Crippen molar-refractivity contribution >= 4 is 5.91 Å². The monoisotopic (exact) mass is 292 g/mol. The highest BCUT2D eigenvalue weighted by molar-refractivity contribution is 5.83. The van der Waals surface area contributed by atoms with Crippen molar-refractivity contribution in [3.8, 4) is 0 Å². The van der Waals surface area contributed by atoms with Crippen LogP contribution in [0.1, 0.15) is 38.8 Å². The first-order chi connectivity index (χ1) is 9.91. The van der Waals surface area contributed by atoms with Gasteiger partial charge in [-0.15, -0.1) is 0 Å². The summed E-state index contributed by atoms with van der Waals surface area (Å²) in [7, 11) is 1.95. The molecule has 0 fully saturated rings. The number of nitrogens with zero attached hydrogens (tertiary/aromatic N) is 1. The minimum Gasteiger partial charge on any atom is -0.396 e. The van der Waals surface area contributed by atoms with Gasteiger partial charge in [-0.2, -0.15) is 0 Å². The molecule has 0 radical (unpaired) electrons. The summed E-state index contributed by atoms with van der Waals surface area (Å²) in [5, 5.41) is 12.1. The molecule has 1 aromatic rings. The van der Waals surface area contributed by atoms with Crippen molar-refractivity contribution in [2.75, 3.05) is 26.7 Å². The molecule has 0 bridgehead atoms. The zero-order chi connectivity index (χ0) is 15.9. The molecule has 1 aromatic carbocycles. The van der Waals surface area contributed by atoms with Crippen LogP contribution in [0.25, 0.3) is 0 Å². The van der Waals surface area contributed by atoms with E-state index in [-0.39, 0.29) is 24.0 Å². The van der Waals surface area contributed by atoms with Crippen LogP contribution in [-0.2, 0) is 4.79 Å². The molecule has 2 N–H and O–H groups in total. The van der Waals surface area contributed by atoms with Gasteiger partial charge in [-0.1, -0.05) is 51.1 Å². The van der Waals surface area contributed by atoms with Crippen LogP contribution in [0.5, 0.6) is 0 Å². The van der Waals surface area contributed by atoms with E-state index in [1.807, 2.05) is 63.1 Å². The van der Waals surface area contributed by atoms with Crippen molar-refractivity contribution in [3.63, 3.8) is 0 Å². The summed E-state index contributed by atoms with van der Waals surface area (Å²) in [5.41, 5.74) is 0.899. The van der Waals surface area contributed by atoms with Crippen LogP contribution in [0.3, 0.4) is 0 Å². The third-order valence-corrected chi connectivity index (χ3v) is 3.83. The molecule has 0 aliphatic heterocycles. The Bertz CT molecular complexity index is 432. The highest BCUT2D eigenvalue weighted by Crippen LogP contribution is 2.21. The molecule has 0 saturated carbocycles. The summed E-state index contributed by atoms with van der Waals surface area (Å²) in [6.45, 7) is 7.63. The second-order valence-corrected chi connectivity index (χ2v) is 6.24. The molecule has 0 heterocycles. The van der Waals surface area contributed by atoms with Gasteiger partial charge in [0.15, 0.2) is 0 Å².